The lowest BCUT2D eigenvalue weighted by Gasteiger charge is -2.20. The number of rotatable bonds is 3. The molecule has 0 radical (unpaired) electrons. The second kappa shape index (κ2) is 5.62. The fourth-order valence-electron chi connectivity index (χ4n) is 2.59. The average molecular weight is 275 g/mol. The summed E-state index contributed by atoms with van der Waals surface area (Å²) in [7, 11) is 0. The summed E-state index contributed by atoms with van der Waals surface area (Å²) in [6.07, 6.45) is 0. The molecule has 1 heterocycles. The summed E-state index contributed by atoms with van der Waals surface area (Å²) in [5, 5.41) is 4.22. The number of hydrogen-bond acceptors (Lipinski definition) is 2. The Morgan fingerprint density at radius 2 is 1.89 bits per heavy atom. The number of aromatic nitrogens is 1. The first-order chi connectivity index (χ1) is 8.97. The molecule has 0 aliphatic rings. The second-order valence-corrected chi connectivity index (χ2v) is 5.39. The van der Waals surface area contributed by atoms with E-state index >= 15 is 0 Å². The summed E-state index contributed by atoms with van der Waals surface area (Å²) in [6, 6.07) is 10.1. The normalized spacial score (nSPS) is 12.3. The molecule has 0 aliphatic heterocycles. The molecule has 0 saturated carbocycles. The van der Waals surface area contributed by atoms with Gasteiger partial charge in [0.05, 0.1) is 6.04 Å². The van der Waals surface area contributed by atoms with Gasteiger partial charge in [0.2, 0.25) is 0 Å². The Balaban J connectivity index is 2.28. The maximum atomic E-state index is 6.01. The van der Waals surface area contributed by atoms with Crippen molar-refractivity contribution in [3.05, 3.63) is 57.9 Å². The van der Waals surface area contributed by atoms with Crippen LogP contribution in [0.2, 0.25) is 5.02 Å². The van der Waals surface area contributed by atoms with Crippen molar-refractivity contribution in [2.75, 3.05) is 5.32 Å². The van der Waals surface area contributed by atoms with Gasteiger partial charge < -0.3 is 5.32 Å². The van der Waals surface area contributed by atoms with Gasteiger partial charge in [-0.1, -0.05) is 17.7 Å². The van der Waals surface area contributed by atoms with E-state index < -0.39 is 0 Å². The van der Waals surface area contributed by atoms with E-state index in [1.807, 2.05) is 31.2 Å². The highest BCUT2D eigenvalue weighted by Gasteiger charge is 2.13. The van der Waals surface area contributed by atoms with Crippen molar-refractivity contribution in [3.8, 4) is 0 Å². The van der Waals surface area contributed by atoms with Gasteiger partial charge in [-0.15, -0.1) is 0 Å². The summed E-state index contributed by atoms with van der Waals surface area (Å²) >= 11 is 6.01. The van der Waals surface area contributed by atoms with E-state index in [1.54, 1.807) is 0 Å². The number of halogens is 1. The molecule has 1 unspecified atom stereocenters. The van der Waals surface area contributed by atoms with Crippen molar-refractivity contribution < 1.29 is 0 Å². The molecule has 2 aromatic rings. The van der Waals surface area contributed by atoms with Crippen LogP contribution in [0.5, 0.6) is 0 Å². The Bertz CT molecular complexity index is 570. The molecule has 1 atom stereocenters. The lowest BCUT2D eigenvalue weighted by molar-refractivity contribution is 0.843. The van der Waals surface area contributed by atoms with Crippen LogP contribution in [0.4, 0.5) is 5.69 Å². The van der Waals surface area contributed by atoms with E-state index in [-0.39, 0.29) is 6.04 Å². The molecular formula is C16H19ClN2. The van der Waals surface area contributed by atoms with Crippen molar-refractivity contribution in [3.63, 3.8) is 0 Å². The Morgan fingerprint density at radius 1 is 1.16 bits per heavy atom. The van der Waals surface area contributed by atoms with E-state index in [2.05, 4.69) is 37.1 Å². The van der Waals surface area contributed by atoms with Crippen LogP contribution in [0.25, 0.3) is 0 Å². The maximum Gasteiger partial charge on any atom is 0.0506 e. The van der Waals surface area contributed by atoms with E-state index in [0.717, 1.165) is 22.1 Å². The summed E-state index contributed by atoms with van der Waals surface area (Å²) in [5.74, 6) is 0. The standard InChI is InChI=1S/C16H19ClN2/c1-10-8-11(2)18-12(3)16(10)13(4)19-15-7-5-6-14(17)9-15/h5-9,13,19H,1-4H3. The smallest absolute Gasteiger partial charge is 0.0506 e. The number of benzene rings is 1. The molecule has 1 aromatic carbocycles. The predicted molar refractivity (Wildman–Crippen MR) is 81.9 cm³/mol. The average Bonchev–Trinajstić information content (AvgIpc) is 2.27. The van der Waals surface area contributed by atoms with Gasteiger partial charge in [-0.2, -0.15) is 0 Å². The van der Waals surface area contributed by atoms with Crippen molar-refractivity contribution in [1.29, 1.82) is 0 Å². The molecule has 0 bridgehead atoms. The largest absolute Gasteiger partial charge is 0.378 e. The number of anilines is 1. The fraction of sp³-hybridized carbons (Fsp3) is 0.312. The quantitative estimate of drug-likeness (QED) is 0.867. The van der Waals surface area contributed by atoms with Gasteiger partial charge in [0, 0.05) is 22.1 Å². The SMILES string of the molecule is Cc1cc(C)c(C(C)Nc2cccc(Cl)c2)c(C)n1. The Morgan fingerprint density at radius 3 is 2.53 bits per heavy atom. The Labute approximate surface area is 119 Å². The Kier molecular flexibility index (Phi) is 4.11. The molecule has 1 aromatic heterocycles. The fourth-order valence-corrected chi connectivity index (χ4v) is 2.78. The maximum absolute atomic E-state index is 6.01. The first-order valence-corrected chi connectivity index (χ1v) is 6.82. The highest BCUT2D eigenvalue weighted by Crippen LogP contribution is 2.26. The van der Waals surface area contributed by atoms with Gasteiger partial charge in [-0.25, -0.2) is 0 Å². The number of hydrogen-bond donors (Lipinski definition) is 1. The van der Waals surface area contributed by atoms with Gasteiger partial charge in [0.15, 0.2) is 0 Å². The number of aryl methyl sites for hydroxylation is 3. The molecule has 3 heteroatoms. The van der Waals surface area contributed by atoms with Crippen molar-refractivity contribution in [1.82, 2.24) is 4.98 Å². The zero-order valence-corrected chi connectivity index (χ0v) is 12.5. The van der Waals surface area contributed by atoms with E-state index in [1.165, 1.54) is 11.1 Å². The third kappa shape index (κ3) is 3.27. The van der Waals surface area contributed by atoms with Crippen molar-refractivity contribution in [2.24, 2.45) is 0 Å². The van der Waals surface area contributed by atoms with Crippen LogP contribution in [0.1, 0.15) is 35.5 Å². The van der Waals surface area contributed by atoms with Gasteiger partial charge in [0.1, 0.15) is 0 Å². The van der Waals surface area contributed by atoms with Crippen LogP contribution in [0.15, 0.2) is 30.3 Å². The number of nitrogens with one attached hydrogen (secondary N) is 1. The van der Waals surface area contributed by atoms with Crippen LogP contribution >= 0.6 is 11.6 Å². The van der Waals surface area contributed by atoms with Crippen molar-refractivity contribution in [2.45, 2.75) is 33.7 Å². The zero-order valence-electron chi connectivity index (χ0n) is 11.8. The van der Waals surface area contributed by atoms with Gasteiger partial charge >= 0.3 is 0 Å². The summed E-state index contributed by atoms with van der Waals surface area (Å²) in [5.41, 5.74) is 5.70. The second-order valence-electron chi connectivity index (χ2n) is 4.96. The molecule has 100 valence electrons. The van der Waals surface area contributed by atoms with Gasteiger partial charge in [0.25, 0.3) is 0 Å². The molecule has 0 saturated heterocycles. The monoisotopic (exact) mass is 274 g/mol. The highest BCUT2D eigenvalue weighted by atomic mass is 35.5. The van der Waals surface area contributed by atoms with Crippen LogP contribution in [0.3, 0.4) is 0 Å². The molecule has 2 rings (SSSR count). The van der Waals surface area contributed by atoms with Crippen LogP contribution in [-0.4, -0.2) is 4.98 Å². The molecule has 2 nitrogen and oxygen atoms in total. The minimum Gasteiger partial charge on any atom is -0.378 e. The van der Waals surface area contributed by atoms with Gasteiger partial charge in [-0.05, 0) is 63.1 Å². The topological polar surface area (TPSA) is 24.9 Å². The van der Waals surface area contributed by atoms with Crippen molar-refractivity contribution >= 4 is 17.3 Å². The number of pyridine rings is 1. The third-order valence-electron chi connectivity index (χ3n) is 3.22. The third-order valence-corrected chi connectivity index (χ3v) is 3.46. The van der Waals surface area contributed by atoms with Gasteiger partial charge in [-0.3, -0.25) is 4.98 Å². The molecule has 1 N–H and O–H groups in total. The first-order valence-electron chi connectivity index (χ1n) is 6.44. The summed E-state index contributed by atoms with van der Waals surface area (Å²) in [6.45, 7) is 8.37. The summed E-state index contributed by atoms with van der Waals surface area (Å²) in [4.78, 5) is 4.55. The summed E-state index contributed by atoms with van der Waals surface area (Å²) < 4.78 is 0. The minimum atomic E-state index is 0.201. The molecule has 19 heavy (non-hydrogen) atoms. The lowest BCUT2D eigenvalue weighted by Crippen LogP contribution is -2.11. The van der Waals surface area contributed by atoms with E-state index in [9.17, 15) is 0 Å². The lowest BCUT2D eigenvalue weighted by atomic mass is 10.00. The zero-order chi connectivity index (χ0) is 14.0. The number of nitrogens with zero attached hydrogens (tertiary/aromatic N) is 1. The first kappa shape index (κ1) is 13.9. The van der Waals surface area contributed by atoms with E-state index in [4.69, 9.17) is 11.6 Å². The van der Waals surface area contributed by atoms with Crippen LogP contribution in [-0.2, 0) is 0 Å². The molecular weight excluding hydrogens is 256 g/mol. The molecule has 0 fully saturated rings. The van der Waals surface area contributed by atoms with Crippen LogP contribution < -0.4 is 5.32 Å². The minimum absolute atomic E-state index is 0.201. The highest BCUT2D eigenvalue weighted by molar-refractivity contribution is 6.30. The van der Waals surface area contributed by atoms with Crippen LogP contribution in [0, 0.1) is 20.8 Å². The Hall–Kier alpha value is -1.54. The molecule has 0 amide bonds. The molecule has 0 spiro atoms. The molecule has 0 aliphatic carbocycles. The van der Waals surface area contributed by atoms with E-state index in [0.29, 0.717) is 0 Å². The predicted octanol–water partition coefficient (Wildman–Crippen LogP) is 4.83.